The predicted molar refractivity (Wildman–Crippen MR) is 146 cm³/mol. The molecule has 9 heteroatoms. The SMILES string of the molecule is CC[C@@H](C)[C@H](NC(=O)[C@H](CC(C)C)NC(=O)C1(c2ccccc2)CCN(C(=O)OC(C)(C)C)CC1)C(=O)O. The molecule has 212 valence electrons. The van der Waals surface area contributed by atoms with Crippen LogP contribution in [-0.4, -0.2) is 64.7 Å². The smallest absolute Gasteiger partial charge is 0.410 e. The Balaban J connectivity index is 2.30. The first-order chi connectivity index (χ1) is 17.7. The van der Waals surface area contributed by atoms with E-state index in [0.29, 0.717) is 38.8 Å². The molecule has 9 nitrogen and oxygen atoms in total. The van der Waals surface area contributed by atoms with Crippen LogP contribution in [0.25, 0.3) is 0 Å². The monoisotopic (exact) mass is 531 g/mol. The van der Waals surface area contributed by atoms with Crippen molar-refractivity contribution in [3.05, 3.63) is 35.9 Å². The van der Waals surface area contributed by atoms with Gasteiger partial charge in [0, 0.05) is 13.1 Å². The highest BCUT2D eigenvalue weighted by molar-refractivity contribution is 5.94. The Kier molecular flexibility index (Phi) is 10.7. The molecule has 0 radical (unpaired) electrons. The fourth-order valence-corrected chi connectivity index (χ4v) is 4.74. The highest BCUT2D eigenvalue weighted by Crippen LogP contribution is 2.36. The number of carbonyl (C=O) groups is 4. The van der Waals surface area contributed by atoms with Crippen LogP contribution in [-0.2, 0) is 24.5 Å². The number of hydrogen-bond donors (Lipinski definition) is 3. The molecule has 0 spiro atoms. The van der Waals surface area contributed by atoms with Crippen LogP contribution in [0.2, 0.25) is 0 Å². The van der Waals surface area contributed by atoms with Crippen molar-refractivity contribution in [2.75, 3.05) is 13.1 Å². The van der Waals surface area contributed by atoms with Crippen LogP contribution < -0.4 is 10.6 Å². The van der Waals surface area contributed by atoms with Gasteiger partial charge in [-0.25, -0.2) is 9.59 Å². The summed E-state index contributed by atoms with van der Waals surface area (Å²) in [5.41, 5.74) is -0.755. The molecule has 1 heterocycles. The Morgan fingerprint density at radius 2 is 1.61 bits per heavy atom. The summed E-state index contributed by atoms with van der Waals surface area (Å²) in [7, 11) is 0. The fourth-order valence-electron chi connectivity index (χ4n) is 4.74. The summed E-state index contributed by atoms with van der Waals surface area (Å²) in [4.78, 5) is 53.4. The number of ether oxygens (including phenoxy) is 1. The maximum Gasteiger partial charge on any atom is 0.410 e. The normalized spacial score (nSPS) is 17.7. The number of piperidine rings is 1. The van der Waals surface area contributed by atoms with Gasteiger partial charge in [-0.2, -0.15) is 0 Å². The molecule has 1 aliphatic rings. The average Bonchev–Trinajstić information content (AvgIpc) is 2.85. The van der Waals surface area contributed by atoms with E-state index in [1.807, 2.05) is 71.9 Å². The topological polar surface area (TPSA) is 125 Å². The number of aliphatic carboxylic acids is 1. The summed E-state index contributed by atoms with van der Waals surface area (Å²) in [5.74, 6) is -2.09. The lowest BCUT2D eigenvalue weighted by atomic mass is 9.71. The van der Waals surface area contributed by atoms with Crippen molar-refractivity contribution in [2.24, 2.45) is 11.8 Å². The molecule has 1 saturated heterocycles. The van der Waals surface area contributed by atoms with Crippen LogP contribution in [0.4, 0.5) is 4.79 Å². The van der Waals surface area contributed by atoms with Crippen molar-refractivity contribution >= 4 is 23.9 Å². The third-order valence-corrected chi connectivity index (χ3v) is 7.14. The van der Waals surface area contributed by atoms with Gasteiger partial charge in [0.2, 0.25) is 11.8 Å². The number of rotatable bonds is 10. The first-order valence-corrected chi connectivity index (χ1v) is 13.6. The molecule has 3 atom stereocenters. The molecule has 0 bridgehead atoms. The minimum Gasteiger partial charge on any atom is -0.480 e. The zero-order chi connectivity index (χ0) is 28.7. The van der Waals surface area contributed by atoms with Crippen LogP contribution >= 0.6 is 0 Å². The van der Waals surface area contributed by atoms with Gasteiger partial charge in [-0.05, 0) is 57.4 Å². The van der Waals surface area contributed by atoms with E-state index in [0.717, 1.165) is 5.56 Å². The Bertz CT molecular complexity index is 964. The minimum absolute atomic E-state index is 0.0830. The zero-order valence-corrected chi connectivity index (χ0v) is 23.9. The molecular formula is C29H45N3O6. The maximum atomic E-state index is 14.0. The van der Waals surface area contributed by atoms with Gasteiger partial charge >= 0.3 is 12.1 Å². The summed E-state index contributed by atoms with van der Waals surface area (Å²) in [6, 6.07) is 7.46. The lowest BCUT2D eigenvalue weighted by molar-refractivity contribution is -0.144. The number of hydrogen-bond acceptors (Lipinski definition) is 5. The van der Waals surface area contributed by atoms with Crippen molar-refractivity contribution in [2.45, 2.75) is 97.2 Å². The second kappa shape index (κ2) is 13.1. The Morgan fingerprint density at radius 3 is 2.08 bits per heavy atom. The largest absolute Gasteiger partial charge is 0.480 e. The van der Waals surface area contributed by atoms with Crippen molar-refractivity contribution in [1.82, 2.24) is 15.5 Å². The van der Waals surface area contributed by atoms with Gasteiger partial charge in [-0.15, -0.1) is 0 Å². The van der Waals surface area contributed by atoms with E-state index < -0.39 is 41.1 Å². The number of amides is 3. The van der Waals surface area contributed by atoms with Crippen LogP contribution in [0.5, 0.6) is 0 Å². The molecule has 0 aliphatic carbocycles. The number of likely N-dealkylation sites (tertiary alicyclic amines) is 1. The molecule has 38 heavy (non-hydrogen) atoms. The van der Waals surface area contributed by atoms with Crippen molar-refractivity contribution in [3.63, 3.8) is 0 Å². The summed E-state index contributed by atoms with van der Waals surface area (Å²) in [5, 5.41) is 15.3. The molecule has 2 rings (SSSR count). The molecule has 0 unspecified atom stereocenters. The van der Waals surface area contributed by atoms with E-state index in [9.17, 15) is 24.3 Å². The molecule has 0 saturated carbocycles. The van der Waals surface area contributed by atoms with Gasteiger partial charge in [0.25, 0.3) is 0 Å². The summed E-state index contributed by atoms with van der Waals surface area (Å²) >= 11 is 0. The standard InChI is InChI=1S/C29H45N3O6/c1-8-20(4)23(25(34)35)31-24(33)22(18-19(2)3)30-26(36)29(21-12-10-9-11-13-21)14-16-32(17-15-29)27(37)38-28(5,6)7/h9-13,19-20,22-23H,8,14-18H2,1-7H3,(H,30,36)(H,31,33)(H,34,35)/t20-,22+,23+/m1/s1. The van der Waals surface area contributed by atoms with Crippen LogP contribution in [0.3, 0.4) is 0 Å². The lowest BCUT2D eigenvalue weighted by Gasteiger charge is -2.42. The quantitative estimate of drug-likeness (QED) is 0.417. The third kappa shape index (κ3) is 8.20. The van der Waals surface area contributed by atoms with Gasteiger partial charge in [0.05, 0.1) is 5.41 Å². The van der Waals surface area contributed by atoms with Crippen LogP contribution in [0.15, 0.2) is 30.3 Å². The number of carboxylic acids is 1. The average molecular weight is 532 g/mol. The van der Waals surface area contributed by atoms with Gasteiger partial charge in [0.15, 0.2) is 0 Å². The number of carboxylic acid groups (broad SMARTS) is 1. The Hall–Kier alpha value is -3.10. The summed E-state index contributed by atoms with van der Waals surface area (Å²) in [6.07, 6.45) is 1.26. The van der Waals surface area contributed by atoms with Crippen LogP contribution in [0, 0.1) is 11.8 Å². The number of nitrogens with one attached hydrogen (secondary N) is 2. The molecule has 1 fully saturated rings. The highest BCUT2D eigenvalue weighted by Gasteiger charge is 2.45. The first kappa shape index (κ1) is 31.1. The van der Waals surface area contributed by atoms with Crippen LogP contribution in [0.1, 0.15) is 79.7 Å². The van der Waals surface area contributed by atoms with Gasteiger partial charge in [-0.3, -0.25) is 9.59 Å². The number of carbonyl (C=O) groups excluding carboxylic acids is 3. The van der Waals surface area contributed by atoms with Crippen molar-refractivity contribution < 1.29 is 29.0 Å². The van der Waals surface area contributed by atoms with Gasteiger partial charge < -0.3 is 25.4 Å². The zero-order valence-electron chi connectivity index (χ0n) is 23.9. The molecule has 1 aliphatic heterocycles. The molecular weight excluding hydrogens is 486 g/mol. The first-order valence-electron chi connectivity index (χ1n) is 13.6. The Morgan fingerprint density at radius 1 is 1.03 bits per heavy atom. The third-order valence-electron chi connectivity index (χ3n) is 7.14. The second-order valence-corrected chi connectivity index (χ2v) is 11.8. The van der Waals surface area contributed by atoms with Crippen molar-refractivity contribution in [3.8, 4) is 0 Å². The number of nitrogens with zero attached hydrogens (tertiary/aromatic N) is 1. The van der Waals surface area contributed by atoms with E-state index in [-0.39, 0.29) is 17.7 Å². The fraction of sp³-hybridized carbons (Fsp3) is 0.655. The predicted octanol–water partition coefficient (Wildman–Crippen LogP) is 4.10. The minimum atomic E-state index is -1.10. The maximum absolute atomic E-state index is 14.0. The van der Waals surface area contributed by atoms with E-state index in [4.69, 9.17) is 4.74 Å². The molecule has 0 aromatic heterocycles. The summed E-state index contributed by atoms with van der Waals surface area (Å²) in [6.45, 7) is 13.6. The Labute approximate surface area is 226 Å². The second-order valence-electron chi connectivity index (χ2n) is 11.8. The highest BCUT2D eigenvalue weighted by atomic mass is 16.6. The van der Waals surface area contributed by atoms with E-state index in [1.165, 1.54) is 0 Å². The molecule has 1 aromatic rings. The summed E-state index contributed by atoms with van der Waals surface area (Å²) < 4.78 is 5.52. The van der Waals surface area contributed by atoms with Gasteiger partial charge in [-0.1, -0.05) is 64.4 Å². The lowest BCUT2D eigenvalue weighted by Crippen LogP contribution is -2.59. The molecule has 1 aromatic carbocycles. The van der Waals surface area contributed by atoms with E-state index in [2.05, 4.69) is 10.6 Å². The molecule has 3 N–H and O–H groups in total. The number of benzene rings is 1. The van der Waals surface area contributed by atoms with E-state index in [1.54, 1.807) is 11.8 Å². The van der Waals surface area contributed by atoms with Gasteiger partial charge in [0.1, 0.15) is 17.7 Å². The van der Waals surface area contributed by atoms with Crippen molar-refractivity contribution in [1.29, 1.82) is 0 Å². The molecule has 3 amide bonds. The van der Waals surface area contributed by atoms with E-state index >= 15 is 0 Å².